The number of nitrogens with zero attached hydrogens (tertiary/aromatic N) is 2. The van der Waals surface area contributed by atoms with Crippen LogP contribution < -0.4 is 0 Å². The highest BCUT2D eigenvalue weighted by Crippen LogP contribution is 2.25. The van der Waals surface area contributed by atoms with E-state index in [0.717, 1.165) is 6.04 Å². The molecule has 0 bridgehead atoms. The normalized spacial score (nSPS) is 23.9. The van der Waals surface area contributed by atoms with Crippen LogP contribution in [0.4, 0.5) is 0 Å². The SMILES string of the molecule is CC(c1ccccc1)N1CCC(N(C)C)C1. The van der Waals surface area contributed by atoms with Crippen molar-refractivity contribution >= 4 is 0 Å². The van der Waals surface area contributed by atoms with Crippen molar-refractivity contribution in [2.45, 2.75) is 25.4 Å². The molecule has 1 aromatic carbocycles. The van der Waals surface area contributed by atoms with E-state index in [1.165, 1.54) is 25.1 Å². The molecular weight excluding hydrogens is 196 g/mol. The second kappa shape index (κ2) is 4.98. The molecule has 0 saturated carbocycles. The average molecular weight is 218 g/mol. The van der Waals surface area contributed by atoms with E-state index in [1.807, 2.05) is 0 Å². The third-order valence-corrected chi connectivity index (χ3v) is 3.75. The van der Waals surface area contributed by atoms with Gasteiger partial charge in [-0.3, -0.25) is 4.90 Å². The molecule has 0 spiro atoms. The van der Waals surface area contributed by atoms with Gasteiger partial charge in [-0.05, 0) is 33.0 Å². The van der Waals surface area contributed by atoms with E-state index in [2.05, 4.69) is 61.2 Å². The number of likely N-dealkylation sites (tertiary alicyclic amines) is 1. The monoisotopic (exact) mass is 218 g/mol. The summed E-state index contributed by atoms with van der Waals surface area (Å²) < 4.78 is 0. The van der Waals surface area contributed by atoms with E-state index in [1.54, 1.807) is 0 Å². The van der Waals surface area contributed by atoms with Gasteiger partial charge in [-0.1, -0.05) is 30.3 Å². The molecule has 16 heavy (non-hydrogen) atoms. The number of hydrogen-bond acceptors (Lipinski definition) is 2. The van der Waals surface area contributed by atoms with Crippen LogP contribution in [0, 0.1) is 0 Å². The second-order valence-electron chi connectivity index (χ2n) is 4.99. The lowest BCUT2D eigenvalue weighted by Crippen LogP contribution is -2.32. The minimum Gasteiger partial charge on any atom is -0.305 e. The molecule has 0 aromatic heterocycles. The fourth-order valence-corrected chi connectivity index (χ4v) is 2.48. The quantitative estimate of drug-likeness (QED) is 0.768. The fourth-order valence-electron chi connectivity index (χ4n) is 2.48. The molecule has 0 amide bonds. The molecule has 2 heteroatoms. The number of likely N-dealkylation sites (N-methyl/N-ethyl adjacent to an activating group) is 1. The maximum Gasteiger partial charge on any atom is 0.0320 e. The largest absolute Gasteiger partial charge is 0.305 e. The lowest BCUT2D eigenvalue weighted by Gasteiger charge is -2.26. The third kappa shape index (κ3) is 2.45. The Morgan fingerprint density at radius 3 is 2.50 bits per heavy atom. The summed E-state index contributed by atoms with van der Waals surface area (Å²) in [6.45, 7) is 4.73. The summed E-state index contributed by atoms with van der Waals surface area (Å²) in [6, 6.07) is 12.1. The van der Waals surface area contributed by atoms with Crippen molar-refractivity contribution in [3.8, 4) is 0 Å². The first-order chi connectivity index (χ1) is 7.68. The number of benzene rings is 1. The Labute approximate surface area is 98.9 Å². The minimum atomic E-state index is 0.547. The predicted molar refractivity (Wildman–Crippen MR) is 68.5 cm³/mol. The maximum absolute atomic E-state index is 2.58. The van der Waals surface area contributed by atoms with Gasteiger partial charge in [0.2, 0.25) is 0 Å². The average Bonchev–Trinajstić information content (AvgIpc) is 2.78. The lowest BCUT2D eigenvalue weighted by molar-refractivity contribution is 0.228. The van der Waals surface area contributed by atoms with Crippen LogP contribution in [0.3, 0.4) is 0 Å². The fraction of sp³-hybridized carbons (Fsp3) is 0.571. The van der Waals surface area contributed by atoms with E-state index in [-0.39, 0.29) is 0 Å². The molecule has 2 atom stereocenters. The first-order valence-electron chi connectivity index (χ1n) is 6.14. The second-order valence-corrected chi connectivity index (χ2v) is 4.99. The van der Waals surface area contributed by atoms with Gasteiger partial charge in [0, 0.05) is 25.2 Å². The molecule has 2 nitrogen and oxygen atoms in total. The van der Waals surface area contributed by atoms with Crippen molar-refractivity contribution in [3.63, 3.8) is 0 Å². The Morgan fingerprint density at radius 1 is 1.25 bits per heavy atom. The molecule has 1 aliphatic rings. The molecule has 88 valence electrons. The zero-order chi connectivity index (χ0) is 11.5. The standard InChI is InChI=1S/C14H22N2/c1-12(13-7-5-4-6-8-13)16-10-9-14(11-16)15(2)3/h4-8,12,14H,9-11H2,1-3H3. The summed E-state index contributed by atoms with van der Waals surface area (Å²) in [7, 11) is 4.36. The summed E-state index contributed by atoms with van der Waals surface area (Å²) in [6.07, 6.45) is 1.30. The zero-order valence-corrected chi connectivity index (χ0v) is 10.6. The molecule has 1 saturated heterocycles. The predicted octanol–water partition coefficient (Wildman–Crippen LogP) is 2.38. The topological polar surface area (TPSA) is 6.48 Å². The van der Waals surface area contributed by atoms with Crippen LogP contribution in [0.5, 0.6) is 0 Å². The molecule has 2 unspecified atom stereocenters. The Bertz CT molecular complexity index is 321. The van der Waals surface area contributed by atoms with Crippen molar-refractivity contribution in [1.29, 1.82) is 0 Å². The van der Waals surface area contributed by atoms with Gasteiger partial charge in [0.1, 0.15) is 0 Å². The molecule has 1 fully saturated rings. The summed E-state index contributed by atoms with van der Waals surface area (Å²) >= 11 is 0. The zero-order valence-electron chi connectivity index (χ0n) is 10.6. The van der Waals surface area contributed by atoms with Crippen LogP contribution in [0.2, 0.25) is 0 Å². The minimum absolute atomic E-state index is 0.547. The van der Waals surface area contributed by atoms with Crippen LogP contribution >= 0.6 is 0 Å². The molecule has 0 aliphatic carbocycles. The lowest BCUT2D eigenvalue weighted by atomic mass is 10.1. The summed E-state index contributed by atoms with van der Waals surface area (Å²) in [5.41, 5.74) is 1.43. The van der Waals surface area contributed by atoms with E-state index in [0.29, 0.717) is 6.04 Å². The van der Waals surface area contributed by atoms with Crippen LogP contribution in [0.25, 0.3) is 0 Å². The van der Waals surface area contributed by atoms with Gasteiger partial charge in [-0.2, -0.15) is 0 Å². The van der Waals surface area contributed by atoms with Gasteiger partial charge < -0.3 is 4.90 Å². The first-order valence-corrected chi connectivity index (χ1v) is 6.14. The van der Waals surface area contributed by atoms with Gasteiger partial charge >= 0.3 is 0 Å². The molecule has 2 rings (SSSR count). The highest BCUT2D eigenvalue weighted by Gasteiger charge is 2.27. The van der Waals surface area contributed by atoms with Crippen molar-refractivity contribution in [1.82, 2.24) is 9.80 Å². The van der Waals surface area contributed by atoms with Gasteiger partial charge in [-0.25, -0.2) is 0 Å². The van der Waals surface area contributed by atoms with Crippen molar-refractivity contribution < 1.29 is 0 Å². The van der Waals surface area contributed by atoms with Crippen LogP contribution in [0.1, 0.15) is 24.9 Å². The molecule has 1 aliphatic heterocycles. The summed E-state index contributed by atoms with van der Waals surface area (Å²) in [4.78, 5) is 4.93. The Morgan fingerprint density at radius 2 is 1.94 bits per heavy atom. The summed E-state index contributed by atoms with van der Waals surface area (Å²) in [5, 5.41) is 0. The first kappa shape index (κ1) is 11.6. The Kier molecular flexibility index (Phi) is 3.62. The smallest absolute Gasteiger partial charge is 0.0320 e. The van der Waals surface area contributed by atoms with Gasteiger partial charge in [0.15, 0.2) is 0 Å². The molecule has 1 aromatic rings. The Hall–Kier alpha value is -0.860. The molecule has 1 heterocycles. The molecular formula is C14H22N2. The van der Waals surface area contributed by atoms with Gasteiger partial charge in [-0.15, -0.1) is 0 Å². The highest BCUT2D eigenvalue weighted by atomic mass is 15.2. The third-order valence-electron chi connectivity index (χ3n) is 3.75. The van der Waals surface area contributed by atoms with E-state index in [4.69, 9.17) is 0 Å². The van der Waals surface area contributed by atoms with E-state index >= 15 is 0 Å². The van der Waals surface area contributed by atoms with Crippen molar-refractivity contribution in [2.24, 2.45) is 0 Å². The maximum atomic E-state index is 2.58. The van der Waals surface area contributed by atoms with Gasteiger partial charge in [0.25, 0.3) is 0 Å². The van der Waals surface area contributed by atoms with Crippen LogP contribution in [0.15, 0.2) is 30.3 Å². The molecule has 0 N–H and O–H groups in total. The van der Waals surface area contributed by atoms with Gasteiger partial charge in [0.05, 0.1) is 0 Å². The van der Waals surface area contributed by atoms with E-state index < -0.39 is 0 Å². The summed E-state index contributed by atoms with van der Waals surface area (Å²) in [5.74, 6) is 0. The van der Waals surface area contributed by atoms with E-state index in [9.17, 15) is 0 Å². The number of rotatable bonds is 3. The van der Waals surface area contributed by atoms with Crippen LogP contribution in [-0.4, -0.2) is 43.0 Å². The highest BCUT2D eigenvalue weighted by molar-refractivity contribution is 5.18. The van der Waals surface area contributed by atoms with Crippen molar-refractivity contribution in [3.05, 3.63) is 35.9 Å². The van der Waals surface area contributed by atoms with Crippen LogP contribution in [-0.2, 0) is 0 Å². The Balaban J connectivity index is 2.00. The number of hydrogen-bond donors (Lipinski definition) is 0. The van der Waals surface area contributed by atoms with Crippen molar-refractivity contribution in [2.75, 3.05) is 27.2 Å². The molecule has 0 radical (unpaired) electrons.